The van der Waals surface area contributed by atoms with Crippen molar-refractivity contribution in [1.29, 1.82) is 0 Å². The van der Waals surface area contributed by atoms with Crippen molar-refractivity contribution in [3.8, 4) is 5.88 Å². The number of aromatic nitrogens is 2. The molecular formula is C19H15BrN4O2S. The third-order valence-electron chi connectivity index (χ3n) is 4.17. The summed E-state index contributed by atoms with van der Waals surface area (Å²) < 4.78 is 2.51. The van der Waals surface area contributed by atoms with Crippen LogP contribution in [0.3, 0.4) is 0 Å². The molecule has 3 heterocycles. The smallest absolute Gasteiger partial charge is 0.279 e. The van der Waals surface area contributed by atoms with Crippen LogP contribution in [-0.4, -0.2) is 20.6 Å². The maximum Gasteiger partial charge on any atom is 0.279 e. The highest BCUT2D eigenvalue weighted by Crippen LogP contribution is 2.28. The lowest BCUT2D eigenvalue weighted by atomic mass is 10.1. The number of nitrogens with zero attached hydrogens (tertiary/aromatic N) is 4. The monoisotopic (exact) mass is 442 g/mol. The molecule has 1 aliphatic rings. The van der Waals surface area contributed by atoms with E-state index in [0.29, 0.717) is 38.2 Å². The summed E-state index contributed by atoms with van der Waals surface area (Å²) in [5.41, 5.74) is 1.26. The Bertz CT molecular complexity index is 1270. The van der Waals surface area contributed by atoms with Crippen molar-refractivity contribution in [3.05, 3.63) is 66.8 Å². The van der Waals surface area contributed by atoms with Gasteiger partial charge in [0, 0.05) is 21.9 Å². The average molecular weight is 443 g/mol. The molecule has 136 valence electrons. The highest BCUT2D eigenvalue weighted by atomic mass is 79.9. The molecule has 0 unspecified atom stereocenters. The highest BCUT2D eigenvalue weighted by Gasteiger charge is 2.25. The van der Waals surface area contributed by atoms with Crippen molar-refractivity contribution in [2.45, 2.75) is 20.4 Å². The SMILES string of the molecule is CCn1c(O)c(C2=c3cc(Br)ccc3=NC2=O)s/c1=N/c1cccc(C)n1. The van der Waals surface area contributed by atoms with Crippen molar-refractivity contribution in [2.24, 2.45) is 9.98 Å². The molecule has 0 fully saturated rings. The molecular weight excluding hydrogens is 428 g/mol. The van der Waals surface area contributed by atoms with Crippen LogP contribution >= 0.6 is 27.3 Å². The molecule has 0 bridgehead atoms. The fourth-order valence-corrected chi connectivity index (χ4v) is 4.44. The zero-order valence-corrected chi connectivity index (χ0v) is 17.0. The molecule has 6 nitrogen and oxygen atoms in total. The standard InChI is InChI=1S/C19H15BrN4O2S/c1-3-24-18(26)16(27-19(24)23-14-6-4-5-10(2)21-14)15-12-9-11(20)7-8-13(12)22-17(15)25/h4-9,26H,3H2,1-2H3/b23-19+. The van der Waals surface area contributed by atoms with Crippen LogP contribution in [0.1, 0.15) is 17.5 Å². The molecule has 8 heteroatoms. The summed E-state index contributed by atoms with van der Waals surface area (Å²) in [7, 11) is 0. The fourth-order valence-electron chi connectivity index (χ4n) is 2.93. The van der Waals surface area contributed by atoms with E-state index in [1.54, 1.807) is 16.7 Å². The number of aromatic hydroxyl groups is 1. The number of hydrogen-bond acceptors (Lipinski definition) is 5. The Balaban J connectivity index is 1.99. The zero-order chi connectivity index (χ0) is 19.1. The second kappa shape index (κ2) is 6.86. The number of rotatable bonds is 3. The average Bonchev–Trinajstić information content (AvgIpc) is 3.10. The fraction of sp³-hybridized carbons (Fsp3) is 0.158. The zero-order valence-electron chi connectivity index (χ0n) is 14.6. The van der Waals surface area contributed by atoms with E-state index in [4.69, 9.17) is 0 Å². The lowest BCUT2D eigenvalue weighted by Crippen LogP contribution is -2.22. The molecule has 1 N–H and O–H groups in total. The Kier molecular flexibility index (Phi) is 4.53. The summed E-state index contributed by atoms with van der Waals surface area (Å²) in [5, 5.41) is 12.1. The third kappa shape index (κ3) is 3.15. The number of carbonyl (C=O) groups is 1. The molecule has 1 aromatic carbocycles. The van der Waals surface area contributed by atoms with E-state index >= 15 is 0 Å². The first-order valence-electron chi connectivity index (χ1n) is 8.32. The van der Waals surface area contributed by atoms with E-state index in [1.807, 2.05) is 38.1 Å². The molecule has 0 radical (unpaired) electrons. The molecule has 1 amide bonds. The molecule has 3 aromatic rings. The summed E-state index contributed by atoms with van der Waals surface area (Å²) in [6.45, 7) is 4.32. The van der Waals surface area contributed by atoms with Gasteiger partial charge in [-0.05, 0) is 44.2 Å². The largest absolute Gasteiger partial charge is 0.493 e. The van der Waals surface area contributed by atoms with Crippen molar-refractivity contribution in [1.82, 2.24) is 9.55 Å². The minimum absolute atomic E-state index is 0.0141. The van der Waals surface area contributed by atoms with Gasteiger partial charge in [-0.2, -0.15) is 0 Å². The Labute approximate surface area is 167 Å². The summed E-state index contributed by atoms with van der Waals surface area (Å²) in [6.07, 6.45) is 0. The van der Waals surface area contributed by atoms with Crippen molar-refractivity contribution in [2.75, 3.05) is 0 Å². The van der Waals surface area contributed by atoms with Crippen LogP contribution in [0.5, 0.6) is 5.88 Å². The number of hydrogen-bond donors (Lipinski definition) is 1. The van der Waals surface area contributed by atoms with Crippen LogP contribution in [0.4, 0.5) is 5.82 Å². The molecule has 0 aliphatic carbocycles. The van der Waals surface area contributed by atoms with E-state index in [9.17, 15) is 9.90 Å². The van der Waals surface area contributed by atoms with Crippen molar-refractivity contribution < 1.29 is 9.90 Å². The summed E-state index contributed by atoms with van der Waals surface area (Å²) in [5.74, 6) is 0.212. The maximum atomic E-state index is 12.5. The van der Waals surface area contributed by atoms with Gasteiger partial charge in [0.1, 0.15) is 4.88 Å². The summed E-state index contributed by atoms with van der Waals surface area (Å²) in [4.78, 5) is 26.6. The number of fused-ring (bicyclic) bond motifs is 1. The molecule has 0 atom stereocenters. The van der Waals surface area contributed by atoms with Crippen LogP contribution < -0.4 is 15.4 Å². The number of amides is 1. The minimum atomic E-state index is -0.358. The highest BCUT2D eigenvalue weighted by molar-refractivity contribution is 9.10. The lowest BCUT2D eigenvalue weighted by Gasteiger charge is -2.01. The van der Waals surface area contributed by atoms with E-state index < -0.39 is 0 Å². The number of benzene rings is 1. The van der Waals surface area contributed by atoms with E-state index in [1.165, 1.54) is 11.3 Å². The molecule has 4 rings (SSSR count). The maximum absolute atomic E-state index is 12.5. The third-order valence-corrected chi connectivity index (χ3v) is 5.75. The first-order chi connectivity index (χ1) is 13.0. The number of aryl methyl sites for hydroxylation is 1. The van der Waals surface area contributed by atoms with Gasteiger partial charge >= 0.3 is 0 Å². The molecule has 27 heavy (non-hydrogen) atoms. The number of pyridine rings is 1. The summed E-state index contributed by atoms with van der Waals surface area (Å²) in [6, 6.07) is 11.0. The lowest BCUT2D eigenvalue weighted by molar-refractivity contribution is -0.112. The van der Waals surface area contributed by atoms with Gasteiger partial charge < -0.3 is 5.11 Å². The molecule has 0 spiro atoms. The Morgan fingerprint density at radius 3 is 2.85 bits per heavy atom. The first-order valence-corrected chi connectivity index (χ1v) is 9.93. The first kappa shape index (κ1) is 17.8. The van der Waals surface area contributed by atoms with Crippen LogP contribution in [0.2, 0.25) is 0 Å². The predicted octanol–water partition coefficient (Wildman–Crippen LogP) is 2.33. The van der Waals surface area contributed by atoms with Gasteiger partial charge in [-0.3, -0.25) is 9.36 Å². The van der Waals surface area contributed by atoms with Crippen LogP contribution in [-0.2, 0) is 11.3 Å². The van der Waals surface area contributed by atoms with Crippen molar-refractivity contribution in [3.63, 3.8) is 0 Å². The van der Waals surface area contributed by atoms with Gasteiger partial charge in [0.05, 0.1) is 10.9 Å². The Hall–Kier alpha value is -2.58. The molecule has 0 saturated carbocycles. The minimum Gasteiger partial charge on any atom is -0.493 e. The van der Waals surface area contributed by atoms with Gasteiger partial charge in [-0.15, -0.1) is 0 Å². The number of carbonyl (C=O) groups excluding carboxylic acids is 1. The number of thiazole rings is 1. The van der Waals surface area contributed by atoms with Crippen molar-refractivity contribution >= 4 is 44.6 Å². The topological polar surface area (TPSA) is 79.8 Å². The summed E-state index contributed by atoms with van der Waals surface area (Å²) >= 11 is 4.69. The Morgan fingerprint density at radius 1 is 1.30 bits per heavy atom. The van der Waals surface area contributed by atoms with Gasteiger partial charge in [-0.1, -0.05) is 33.3 Å². The quantitative estimate of drug-likeness (QED) is 0.675. The van der Waals surface area contributed by atoms with Gasteiger partial charge in [0.15, 0.2) is 10.6 Å². The van der Waals surface area contributed by atoms with E-state index in [2.05, 4.69) is 30.9 Å². The van der Waals surface area contributed by atoms with Crippen LogP contribution in [0.25, 0.3) is 5.57 Å². The number of halogens is 1. The molecule has 2 aromatic heterocycles. The predicted molar refractivity (Wildman–Crippen MR) is 106 cm³/mol. The Morgan fingerprint density at radius 2 is 2.11 bits per heavy atom. The molecule has 0 saturated heterocycles. The van der Waals surface area contributed by atoms with Crippen LogP contribution in [0.15, 0.2) is 50.9 Å². The molecule has 1 aliphatic heterocycles. The van der Waals surface area contributed by atoms with Gasteiger partial charge in [-0.25, -0.2) is 15.0 Å². The van der Waals surface area contributed by atoms with Gasteiger partial charge in [0.2, 0.25) is 5.88 Å². The van der Waals surface area contributed by atoms with E-state index in [-0.39, 0.29) is 11.8 Å². The second-order valence-electron chi connectivity index (χ2n) is 5.98. The van der Waals surface area contributed by atoms with E-state index in [0.717, 1.165) is 10.2 Å². The normalized spacial score (nSPS) is 13.8. The van der Waals surface area contributed by atoms with Crippen LogP contribution in [0, 0.1) is 6.92 Å². The second-order valence-corrected chi connectivity index (χ2v) is 7.88. The van der Waals surface area contributed by atoms with Gasteiger partial charge in [0.25, 0.3) is 5.91 Å².